The lowest BCUT2D eigenvalue weighted by Gasteiger charge is -2.21. The van der Waals surface area contributed by atoms with Gasteiger partial charge in [0.15, 0.2) is 6.10 Å². The average molecular weight is 267 g/mol. The Morgan fingerprint density at radius 1 is 1.58 bits per heavy atom. The summed E-state index contributed by atoms with van der Waals surface area (Å²) in [5, 5.41) is 10.9. The zero-order chi connectivity index (χ0) is 14.0. The number of hydrogen-bond acceptors (Lipinski definition) is 5. The summed E-state index contributed by atoms with van der Waals surface area (Å²) in [7, 11) is 1.18. The summed E-state index contributed by atoms with van der Waals surface area (Å²) in [5.41, 5.74) is -0.0312. The number of carbonyl (C=O) groups is 1. The van der Waals surface area contributed by atoms with Gasteiger partial charge in [0, 0.05) is 11.6 Å². The molecule has 2 rings (SSSR count). The normalized spacial score (nSPS) is 16.9. The summed E-state index contributed by atoms with van der Waals surface area (Å²) in [5.74, 6) is -0.850. The van der Waals surface area contributed by atoms with E-state index >= 15 is 0 Å². The first kappa shape index (κ1) is 13.0. The van der Waals surface area contributed by atoms with Crippen molar-refractivity contribution in [1.82, 2.24) is 0 Å². The lowest BCUT2D eigenvalue weighted by molar-refractivity contribution is -0.433. The van der Waals surface area contributed by atoms with E-state index in [-0.39, 0.29) is 17.7 Å². The van der Waals surface area contributed by atoms with Crippen LogP contribution < -0.4 is 4.74 Å². The number of carbonyl (C=O) groups excluding carboxylic acids is 1. The van der Waals surface area contributed by atoms with Crippen LogP contribution in [0.5, 0.6) is 5.75 Å². The van der Waals surface area contributed by atoms with Gasteiger partial charge in [-0.3, -0.25) is 14.9 Å². The van der Waals surface area contributed by atoms with E-state index in [1.54, 1.807) is 0 Å². The van der Waals surface area contributed by atoms with Gasteiger partial charge < -0.3 is 9.47 Å². The number of fused-ring (bicyclic) bond motifs is 1. The first-order chi connectivity index (χ1) is 9.01. The Labute approximate surface area is 107 Å². The van der Waals surface area contributed by atoms with Crippen molar-refractivity contribution >= 4 is 12.0 Å². The van der Waals surface area contributed by atoms with Crippen LogP contribution in [-0.2, 0) is 9.53 Å². The van der Waals surface area contributed by atoms with E-state index in [4.69, 9.17) is 4.74 Å². The zero-order valence-electron chi connectivity index (χ0n) is 9.96. The molecule has 0 fully saturated rings. The zero-order valence-corrected chi connectivity index (χ0v) is 9.96. The van der Waals surface area contributed by atoms with Gasteiger partial charge in [0.1, 0.15) is 11.6 Å². The molecule has 0 bridgehead atoms. The molecule has 0 N–H and O–H groups in total. The fraction of sp³-hybridized carbons (Fsp3) is 0.250. The molecule has 1 heterocycles. The molecule has 7 heteroatoms. The number of benzene rings is 1. The molecule has 19 heavy (non-hydrogen) atoms. The topological polar surface area (TPSA) is 78.7 Å². The highest BCUT2D eigenvalue weighted by molar-refractivity contribution is 5.72. The number of nitro groups is 1. The first-order valence-electron chi connectivity index (χ1n) is 5.40. The SMILES string of the molecule is COC(=O)C[C@H]1Oc2ccc(F)cc2C=C1[N+](=O)[O-]. The van der Waals surface area contributed by atoms with E-state index in [0.29, 0.717) is 5.75 Å². The molecule has 100 valence electrons. The Hall–Kier alpha value is -2.44. The van der Waals surface area contributed by atoms with Crippen LogP contribution in [0.15, 0.2) is 23.9 Å². The molecule has 0 amide bonds. The molecule has 0 aromatic heterocycles. The number of methoxy groups -OCH3 is 1. The summed E-state index contributed by atoms with van der Waals surface area (Å²) in [6.45, 7) is 0. The van der Waals surface area contributed by atoms with Crippen LogP contribution in [-0.4, -0.2) is 24.1 Å². The maximum atomic E-state index is 13.1. The van der Waals surface area contributed by atoms with Crippen LogP contribution in [0, 0.1) is 15.9 Å². The second-order valence-corrected chi connectivity index (χ2v) is 3.90. The minimum Gasteiger partial charge on any atom is -0.478 e. The highest BCUT2D eigenvalue weighted by atomic mass is 19.1. The predicted octanol–water partition coefficient (Wildman–Crippen LogP) is 1.77. The first-order valence-corrected chi connectivity index (χ1v) is 5.40. The van der Waals surface area contributed by atoms with Gasteiger partial charge in [-0.15, -0.1) is 0 Å². The smallest absolute Gasteiger partial charge is 0.309 e. The van der Waals surface area contributed by atoms with Crippen molar-refractivity contribution in [3.05, 3.63) is 45.4 Å². The van der Waals surface area contributed by atoms with Crippen molar-refractivity contribution in [3.8, 4) is 5.75 Å². The number of esters is 1. The molecule has 1 atom stereocenters. The van der Waals surface area contributed by atoms with Gasteiger partial charge in [0.2, 0.25) is 0 Å². The predicted molar refractivity (Wildman–Crippen MR) is 62.4 cm³/mol. The van der Waals surface area contributed by atoms with Gasteiger partial charge in [-0.1, -0.05) is 0 Å². The summed E-state index contributed by atoms with van der Waals surface area (Å²) in [4.78, 5) is 21.5. The lowest BCUT2D eigenvalue weighted by atomic mass is 10.0. The van der Waals surface area contributed by atoms with Crippen molar-refractivity contribution in [3.63, 3.8) is 0 Å². The maximum absolute atomic E-state index is 13.1. The van der Waals surface area contributed by atoms with Gasteiger partial charge in [-0.25, -0.2) is 4.39 Å². The van der Waals surface area contributed by atoms with E-state index in [2.05, 4.69) is 4.74 Å². The van der Waals surface area contributed by atoms with E-state index < -0.39 is 22.8 Å². The summed E-state index contributed by atoms with van der Waals surface area (Å²) >= 11 is 0. The molecule has 1 aromatic rings. The van der Waals surface area contributed by atoms with E-state index in [9.17, 15) is 19.3 Å². The summed E-state index contributed by atoms with van der Waals surface area (Å²) < 4.78 is 22.9. The highest BCUT2D eigenvalue weighted by Gasteiger charge is 2.33. The molecule has 0 aliphatic carbocycles. The van der Waals surface area contributed by atoms with Crippen molar-refractivity contribution < 1.29 is 23.6 Å². The quantitative estimate of drug-likeness (QED) is 0.473. The van der Waals surface area contributed by atoms with Crippen LogP contribution in [0.25, 0.3) is 6.08 Å². The molecular weight excluding hydrogens is 257 g/mol. The molecule has 0 saturated carbocycles. The van der Waals surface area contributed by atoms with Crippen LogP contribution >= 0.6 is 0 Å². The average Bonchev–Trinajstić information content (AvgIpc) is 2.37. The largest absolute Gasteiger partial charge is 0.478 e. The summed E-state index contributed by atoms with van der Waals surface area (Å²) in [6.07, 6.45) is -0.115. The third kappa shape index (κ3) is 2.70. The Bertz CT molecular complexity index is 569. The van der Waals surface area contributed by atoms with E-state index in [0.717, 1.165) is 6.07 Å². The number of rotatable bonds is 3. The molecule has 1 aliphatic heterocycles. The van der Waals surface area contributed by atoms with Crippen LogP contribution in [0.2, 0.25) is 0 Å². The molecular formula is C12H10FNO5. The second-order valence-electron chi connectivity index (χ2n) is 3.90. The molecule has 6 nitrogen and oxygen atoms in total. The van der Waals surface area contributed by atoms with Gasteiger partial charge in [-0.05, 0) is 18.2 Å². The highest BCUT2D eigenvalue weighted by Crippen LogP contribution is 2.31. The lowest BCUT2D eigenvalue weighted by Crippen LogP contribution is -2.29. The molecule has 0 spiro atoms. The Morgan fingerprint density at radius 3 is 2.95 bits per heavy atom. The Balaban J connectivity index is 2.37. The van der Waals surface area contributed by atoms with Crippen LogP contribution in [0.1, 0.15) is 12.0 Å². The van der Waals surface area contributed by atoms with E-state index in [1.165, 1.54) is 25.3 Å². The van der Waals surface area contributed by atoms with Crippen molar-refractivity contribution in [2.24, 2.45) is 0 Å². The van der Waals surface area contributed by atoms with Crippen molar-refractivity contribution in [2.75, 3.05) is 7.11 Å². The van der Waals surface area contributed by atoms with Gasteiger partial charge in [0.05, 0.1) is 18.5 Å². The minimum atomic E-state index is -1.04. The van der Waals surface area contributed by atoms with Gasteiger partial charge >= 0.3 is 5.97 Å². The minimum absolute atomic E-state index is 0.271. The van der Waals surface area contributed by atoms with Crippen molar-refractivity contribution in [2.45, 2.75) is 12.5 Å². The second kappa shape index (κ2) is 5.05. The molecule has 0 saturated heterocycles. The standard InChI is InChI=1S/C12H10FNO5/c1-18-12(15)6-11-9(14(16)17)5-7-4-8(13)2-3-10(7)19-11/h2-5,11H,6H2,1H3/t11-/m1/s1. The fourth-order valence-electron chi connectivity index (χ4n) is 1.76. The molecule has 0 unspecified atom stereocenters. The maximum Gasteiger partial charge on any atom is 0.309 e. The monoisotopic (exact) mass is 267 g/mol. The number of nitrogens with zero attached hydrogens (tertiary/aromatic N) is 1. The third-order valence-corrected chi connectivity index (χ3v) is 2.66. The van der Waals surface area contributed by atoms with Crippen LogP contribution in [0.4, 0.5) is 4.39 Å². The molecule has 1 aliphatic rings. The Kier molecular flexibility index (Phi) is 3.46. The van der Waals surface area contributed by atoms with Gasteiger partial charge in [0.25, 0.3) is 5.70 Å². The number of ether oxygens (including phenoxy) is 2. The number of halogens is 1. The summed E-state index contributed by atoms with van der Waals surface area (Å²) in [6, 6.07) is 3.67. The fourth-order valence-corrected chi connectivity index (χ4v) is 1.76. The Morgan fingerprint density at radius 2 is 2.32 bits per heavy atom. The molecule has 1 aromatic carbocycles. The van der Waals surface area contributed by atoms with Gasteiger partial charge in [-0.2, -0.15) is 0 Å². The van der Waals surface area contributed by atoms with Crippen molar-refractivity contribution in [1.29, 1.82) is 0 Å². The molecule has 0 radical (unpaired) electrons. The van der Waals surface area contributed by atoms with E-state index in [1.807, 2.05) is 0 Å². The number of hydrogen-bond donors (Lipinski definition) is 0. The van der Waals surface area contributed by atoms with Crippen LogP contribution in [0.3, 0.4) is 0 Å². The third-order valence-electron chi connectivity index (χ3n) is 2.66.